The molecule has 3 nitrogen and oxygen atoms in total. The summed E-state index contributed by atoms with van der Waals surface area (Å²) in [4.78, 5) is 13.6. The Kier molecular flexibility index (Phi) is 5.40. The Bertz CT molecular complexity index is 467. The van der Waals surface area contributed by atoms with Gasteiger partial charge in [0.1, 0.15) is 0 Å². The first kappa shape index (κ1) is 16.0. The Morgan fingerprint density at radius 3 is 2.24 bits per heavy atom. The number of hydrogen-bond donors (Lipinski definition) is 1. The molecule has 2 atom stereocenters. The summed E-state index contributed by atoms with van der Waals surface area (Å²) in [5.74, 6) is 0.875. The number of amides is 1. The molecular formula is C18H28N2O. The fraction of sp³-hybridized carbons (Fsp3) is 0.611. The second-order valence-electron chi connectivity index (χ2n) is 6.55. The van der Waals surface area contributed by atoms with Crippen molar-refractivity contribution in [3.8, 4) is 0 Å². The molecule has 1 aromatic carbocycles. The lowest BCUT2D eigenvalue weighted by molar-refractivity contribution is -0.127. The maximum atomic E-state index is 11.7. The third-order valence-corrected chi connectivity index (χ3v) is 4.30. The van der Waals surface area contributed by atoms with Gasteiger partial charge in [-0.05, 0) is 37.3 Å². The Morgan fingerprint density at radius 1 is 1.10 bits per heavy atom. The summed E-state index contributed by atoms with van der Waals surface area (Å²) in [6.45, 7) is 10.5. The molecule has 2 unspecified atom stereocenters. The van der Waals surface area contributed by atoms with Crippen molar-refractivity contribution in [2.45, 2.75) is 58.5 Å². The zero-order chi connectivity index (χ0) is 15.4. The van der Waals surface area contributed by atoms with Gasteiger partial charge in [-0.1, -0.05) is 38.1 Å². The highest BCUT2D eigenvalue weighted by molar-refractivity contribution is 5.78. The average Bonchev–Trinajstić information content (AvgIpc) is 2.84. The summed E-state index contributed by atoms with van der Waals surface area (Å²) in [7, 11) is 0. The average molecular weight is 288 g/mol. The third-order valence-electron chi connectivity index (χ3n) is 4.30. The quantitative estimate of drug-likeness (QED) is 0.869. The van der Waals surface area contributed by atoms with Gasteiger partial charge in [0.25, 0.3) is 0 Å². The fourth-order valence-electron chi connectivity index (χ4n) is 2.97. The van der Waals surface area contributed by atoms with E-state index in [1.165, 1.54) is 11.1 Å². The van der Waals surface area contributed by atoms with Crippen LogP contribution in [-0.2, 0) is 4.79 Å². The number of nitrogens with one attached hydrogen (secondary N) is 1. The van der Waals surface area contributed by atoms with Crippen LogP contribution in [0.2, 0.25) is 0 Å². The summed E-state index contributed by atoms with van der Waals surface area (Å²) in [5, 5.41) is 3.60. The molecule has 0 radical (unpaired) electrons. The van der Waals surface area contributed by atoms with E-state index in [1.807, 2.05) is 4.90 Å². The number of benzene rings is 1. The summed E-state index contributed by atoms with van der Waals surface area (Å²) in [6.07, 6.45) is 1.73. The van der Waals surface area contributed by atoms with Crippen molar-refractivity contribution in [2.75, 3.05) is 13.1 Å². The normalized spacial score (nSPS) is 18.3. The molecule has 0 aromatic heterocycles. The van der Waals surface area contributed by atoms with Crippen LogP contribution in [0.1, 0.15) is 63.6 Å². The first-order chi connectivity index (χ1) is 9.97. The standard InChI is InChI=1S/C18H28N2O/c1-13(2)16-7-9-17(10-8-16)15(4)19-14(3)12-20-11-5-6-18(20)21/h7-10,13-15,19H,5-6,11-12H2,1-4H3. The van der Waals surface area contributed by atoms with Gasteiger partial charge >= 0.3 is 0 Å². The van der Waals surface area contributed by atoms with Gasteiger partial charge in [0.2, 0.25) is 5.91 Å². The zero-order valence-corrected chi connectivity index (χ0v) is 13.7. The van der Waals surface area contributed by atoms with Crippen LogP contribution in [0.15, 0.2) is 24.3 Å². The molecule has 0 bridgehead atoms. The zero-order valence-electron chi connectivity index (χ0n) is 13.7. The first-order valence-electron chi connectivity index (χ1n) is 8.11. The highest BCUT2D eigenvalue weighted by atomic mass is 16.2. The molecule has 1 aliphatic heterocycles. The van der Waals surface area contributed by atoms with Crippen molar-refractivity contribution in [1.29, 1.82) is 0 Å². The predicted molar refractivity (Wildman–Crippen MR) is 87.4 cm³/mol. The largest absolute Gasteiger partial charge is 0.341 e. The van der Waals surface area contributed by atoms with Crippen LogP contribution in [0.25, 0.3) is 0 Å². The lowest BCUT2D eigenvalue weighted by atomic mass is 9.99. The lowest BCUT2D eigenvalue weighted by Gasteiger charge is -2.25. The van der Waals surface area contributed by atoms with Crippen molar-refractivity contribution < 1.29 is 4.79 Å². The van der Waals surface area contributed by atoms with Crippen LogP contribution in [0, 0.1) is 0 Å². The summed E-state index contributed by atoms with van der Waals surface area (Å²) < 4.78 is 0. The molecule has 2 rings (SSSR count). The Balaban J connectivity index is 1.87. The number of nitrogens with zero attached hydrogens (tertiary/aromatic N) is 1. The number of likely N-dealkylation sites (tertiary alicyclic amines) is 1. The molecule has 116 valence electrons. The van der Waals surface area contributed by atoms with Gasteiger partial charge in [0.05, 0.1) is 0 Å². The maximum Gasteiger partial charge on any atom is 0.222 e. The minimum absolute atomic E-state index is 0.303. The summed E-state index contributed by atoms with van der Waals surface area (Å²) in [5.41, 5.74) is 2.68. The highest BCUT2D eigenvalue weighted by Gasteiger charge is 2.22. The highest BCUT2D eigenvalue weighted by Crippen LogP contribution is 2.19. The third kappa shape index (κ3) is 4.31. The van der Waals surface area contributed by atoms with Crippen LogP contribution >= 0.6 is 0 Å². The molecule has 3 heteroatoms. The van der Waals surface area contributed by atoms with Gasteiger partial charge in [0.15, 0.2) is 0 Å². The van der Waals surface area contributed by atoms with Crippen molar-refractivity contribution in [1.82, 2.24) is 10.2 Å². The van der Waals surface area contributed by atoms with Crippen LogP contribution in [-0.4, -0.2) is 29.9 Å². The summed E-state index contributed by atoms with van der Waals surface area (Å²) in [6, 6.07) is 9.46. The summed E-state index contributed by atoms with van der Waals surface area (Å²) >= 11 is 0. The van der Waals surface area contributed by atoms with E-state index in [9.17, 15) is 4.79 Å². The second-order valence-corrected chi connectivity index (χ2v) is 6.55. The Labute approximate surface area is 128 Å². The molecule has 21 heavy (non-hydrogen) atoms. The maximum absolute atomic E-state index is 11.7. The van der Waals surface area contributed by atoms with E-state index in [-0.39, 0.29) is 0 Å². The SMILES string of the molecule is CC(CN1CCCC1=O)NC(C)c1ccc(C(C)C)cc1. The number of carbonyl (C=O) groups is 1. The molecule has 1 fully saturated rings. The van der Waals surface area contributed by atoms with Crippen molar-refractivity contribution >= 4 is 5.91 Å². The van der Waals surface area contributed by atoms with Gasteiger partial charge in [-0.15, -0.1) is 0 Å². The molecule has 0 spiro atoms. The predicted octanol–water partition coefficient (Wildman–Crippen LogP) is 3.47. The number of hydrogen-bond acceptors (Lipinski definition) is 2. The van der Waals surface area contributed by atoms with Crippen LogP contribution in [0.4, 0.5) is 0 Å². The first-order valence-corrected chi connectivity index (χ1v) is 8.11. The fourth-order valence-corrected chi connectivity index (χ4v) is 2.97. The minimum atomic E-state index is 0.303. The number of rotatable bonds is 6. The van der Waals surface area contributed by atoms with Crippen LogP contribution < -0.4 is 5.32 Å². The van der Waals surface area contributed by atoms with Gasteiger partial charge in [-0.25, -0.2) is 0 Å². The smallest absolute Gasteiger partial charge is 0.222 e. The lowest BCUT2D eigenvalue weighted by Crippen LogP contribution is -2.40. The molecule has 0 saturated carbocycles. The van der Waals surface area contributed by atoms with Crippen molar-refractivity contribution in [3.05, 3.63) is 35.4 Å². The molecule has 1 heterocycles. The van der Waals surface area contributed by atoms with E-state index in [0.29, 0.717) is 23.9 Å². The molecule has 1 aliphatic rings. The van der Waals surface area contributed by atoms with Gasteiger partial charge in [-0.2, -0.15) is 0 Å². The molecule has 0 aliphatic carbocycles. The van der Waals surface area contributed by atoms with E-state index in [0.717, 1.165) is 25.9 Å². The Hall–Kier alpha value is -1.35. The monoisotopic (exact) mass is 288 g/mol. The van der Waals surface area contributed by atoms with Crippen molar-refractivity contribution in [2.24, 2.45) is 0 Å². The molecule has 1 amide bonds. The topological polar surface area (TPSA) is 32.3 Å². The van der Waals surface area contributed by atoms with Crippen LogP contribution in [0.3, 0.4) is 0 Å². The molecule has 1 saturated heterocycles. The minimum Gasteiger partial charge on any atom is -0.341 e. The molecule has 1 N–H and O–H groups in total. The van der Waals surface area contributed by atoms with E-state index in [4.69, 9.17) is 0 Å². The van der Waals surface area contributed by atoms with E-state index >= 15 is 0 Å². The van der Waals surface area contributed by atoms with Gasteiger partial charge in [-0.3, -0.25) is 4.79 Å². The van der Waals surface area contributed by atoms with E-state index in [1.54, 1.807) is 0 Å². The number of carbonyl (C=O) groups excluding carboxylic acids is 1. The van der Waals surface area contributed by atoms with Crippen LogP contribution in [0.5, 0.6) is 0 Å². The molecular weight excluding hydrogens is 260 g/mol. The van der Waals surface area contributed by atoms with Crippen molar-refractivity contribution in [3.63, 3.8) is 0 Å². The second kappa shape index (κ2) is 7.08. The van der Waals surface area contributed by atoms with E-state index < -0.39 is 0 Å². The van der Waals surface area contributed by atoms with Gasteiger partial charge < -0.3 is 10.2 Å². The molecule has 1 aromatic rings. The Morgan fingerprint density at radius 2 is 1.71 bits per heavy atom. The van der Waals surface area contributed by atoms with E-state index in [2.05, 4.69) is 57.3 Å². The van der Waals surface area contributed by atoms with Gasteiger partial charge in [0, 0.05) is 31.6 Å².